The highest BCUT2D eigenvalue weighted by molar-refractivity contribution is 14.0. The van der Waals surface area contributed by atoms with Gasteiger partial charge in [0, 0.05) is 38.8 Å². The van der Waals surface area contributed by atoms with Crippen molar-refractivity contribution in [2.75, 3.05) is 47.4 Å². The van der Waals surface area contributed by atoms with Crippen molar-refractivity contribution in [1.82, 2.24) is 15.5 Å². The summed E-state index contributed by atoms with van der Waals surface area (Å²) in [6.45, 7) is 12.3. The molecule has 0 spiro atoms. The summed E-state index contributed by atoms with van der Waals surface area (Å²) in [4.78, 5) is 6.86. The number of ether oxygens (including phenoxy) is 3. The summed E-state index contributed by atoms with van der Waals surface area (Å²) in [7, 11) is 5.11. The number of rotatable bonds is 8. The number of methoxy groups -OCH3 is 2. The summed E-state index contributed by atoms with van der Waals surface area (Å²) < 4.78 is 16.5. The van der Waals surface area contributed by atoms with E-state index >= 15 is 0 Å². The zero-order valence-electron chi connectivity index (χ0n) is 19.4. The number of nitrogens with one attached hydrogen (secondary N) is 2. The average molecular weight is 534 g/mol. The van der Waals surface area contributed by atoms with Crippen LogP contribution in [-0.2, 0) is 11.2 Å². The van der Waals surface area contributed by atoms with Gasteiger partial charge in [-0.05, 0) is 51.8 Å². The minimum Gasteiger partial charge on any atom is -0.493 e. The van der Waals surface area contributed by atoms with Gasteiger partial charge in [-0.3, -0.25) is 9.89 Å². The predicted octanol–water partition coefficient (Wildman–Crippen LogP) is 2.92. The maximum Gasteiger partial charge on any atom is 0.191 e. The highest BCUT2D eigenvalue weighted by atomic mass is 127. The van der Waals surface area contributed by atoms with Crippen LogP contribution in [-0.4, -0.2) is 76.1 Å². The van der Waals surface area contributed by atoms with Crippen LogP contribution in [0.3, 0.4) is 0 Å². The third-order valence-electron chi connectivity index (χ3n) is 5.34. The number of benzene rings is 1. The fraction of sp³-hybridized carbons (Fsp3) is 0.682. The van der Waals surface area contributed by atoms with E-state index in [9.17, 15) is 0 Å². The van der Waals surface area contributed by atoms with Crippen molar-refractivity contribution in [3.05, 3.63) is 23.8 Å². The molecule has 30 heavy (non-hydrogen) atoms. The van der Waals surface area contributed by atoms with Crippen LogP contribution in [0.4, 0.5) is 0 Å². The second-order valence-corrected chi connectivity index (χ2v) is 8.27. The van der Waals surface area contributed by atoms with E-state index in [1.807, 2.05) is 12.1 Å². The summed E-state index contributed by atoms with van der Waals surface area (Å²) in [5.41, 5.74) is 1.19. The number of halogens is 1. The van der Waals surface area contributed by atoms with Crippen molar-refractivity contribution in [3.8, 4) is 11.5 Å². The lowest BCUT2D eigenvalue weighted by Gasteiger charge is -2.45. The molecule has 2 N–H and O–H groups in total. The summed E-state index contributed by atoms with van der Waals surface area (Å²) in [6.07, 6.45) is 1.39. The molecule has 1 aliphatic rings. The predicted molar refractivity (Wildman–Crippen MR) is 134 cm³/mol. The van der Waals surface area contributed by atoms with Gasteiger partial charge < -0.3 is 24.8 Å². The Bertz CT molecular complexity index is 674. The first-order valence-corrected chi connectivity index (χ1v) is 10.3. The van der Waals surface area contributed by atoms with Crippen LogP contribution in [0.1, 0.15) is 33.3 Å². The van der Waals surface area contributed by atoms with Crippen molar-refractivity contribution in [2.24, 2.45) is 4.99 Å². The lowest BCUT2D eigenvalue weighted by molar-refractivity contribution is -0.0946. The van der Waals surface area contributed by atoms with Crippen LogP contribution >= 0.6 is 24.0 Å². The Balaban J connectivity index is 0.00000450. The largest absolute Gasteiger partial charge is 0.493 e. The highest BCUT2D eigenvalue weighted by Crippen LogP contribution is 2.27. The first-order chi connectivity index (χ1) is 13.8. The minimum atomic E-state index is 0. The highest BCUT2D eigenvalue weighted by Gasteiger charge is 2.33. The van der Waals surface area contributed by atoms with E-state index in [4.69, 9.17) is 14.2 Å². The van der Waals surface area contributed by atoms with Crippen LogP contribution in [0.5, 0.6) is 11.5 Å². The molecular formula is C22H39IN4O3. The van der Waals surface area contributed by atoms with Crippen molar-refractivity contribution < 1.29 is 14.2 Å². The fourth-order valence-corrected chi connectivity index (χ4v) is 3.67. The summed E-state index contributed by atoms with van der Waals surface area (Å²) in [5, 5.41) is 6.88. The number of guanidine groups is 1. The molecule has 0 aliphatic carbocycles. The Morgan fingerprint density at radius 1 is 1.13 bits per heavy atom. The van der Waals surface area contributed by atoms with Crippen LogP contribution in [0.25, 0.3) is 0 Å². The van der Waals surface area contributed by atoms with E-state index in [-0.39, 0.29) is 41.7 Å². The van der Waals surface area contributed by atoms with Gasteiger partial charge >= 0.3 is 0 Å². The zero-order chi connectivity index (χ0) is 21.4. The van der Waals surface area contributed by atoms with Gasteiger partial charge in [-0.25, -0.2) is 0 Å². The summed E-state index contributed by atoms with van der Waals surface area (Å²) >= 11 is 0. The van der Waals surface area contributed by atoms with Crippen LogP contribution in [0.15, 0.2) is 23.2 Å². The molecule has 2 rings (SSSR count). The molecule has 7 nitrogen and oxygen atoms in total. The standard InChI is InChI=1S/C22H38N4O3.HI/c1-16-13-26(14-17(2)29-16)22(3,4)15-25-21(23-5)24-11-10-18-8-9-19(27-6)20(12-18)28-7;/h8-9,12,16-17H,10-11,13-15H2,1-7H3,(H2,23,24,25);1H. The molecule has 2 atom stereocenters. The third-order valence-corrected chi connectivity index (χ3v) is 5.34. The fourth-order valence-electron chi connectivity index (χ4n) is 3.67. The number of hydrogen-bond donors (Lipinski definition) is 2. The first-order valence-electron chi connectivity index (χ1n) is 10.3. The number of morpholine rings is 1. The number of aliphatic imine (C=N–C) groups is 1. The Hall–Kier alpha value is -1.26. The topological polar surface area (TPSA) is 67.4 Å². The molecule has 0 aromatic heterocycles. The molecule has 1 fully saturated rings. The summed E-state index contributed by atoms with van der Waals surface area (Å²) in [6, 6.07) is 6.01. The van der Waals surface area contributed by atoms with Crippen molar-refractivity contribution in [2.45, 2.75) is 51.9 Å². The van der Waals surface area contributed by atoms with E-state index in [1.165, 1.54) is 5.56 Å². The lowest BCUT2D eigenvalue weighted by Crippen LogP contribution is -2.59. The van der Waals surface area contributed by atoms with Crippen molar-refractivity contribution >= 4 is 29.9 Å². The number of nitrogens with zero attached hydrogens (tertiary/aromatic N) is 2. The zero-order valence-corrected chi connectivity index (χ0v) is 21.8. The van der Waals surface area contributed by atoms with Crippen LogP contribution in [0.2, 0.25) is 0 Å². The second kappa shape index (κ2) is 12.6. The van der Waals surface area contributed by atoms with Gasteiger partial charge in [0.25, 0.3) is 0 Å². The molecule has 1 aliphatic heterocycles. The minimum absolute atomic E-state index is 0. The molecule has 1 saturated heterocycles. The van der Waals surface area contributed by atoms with Gasteiger partial charge in [0.15, 0.2) is 17.5 Å². The van der Waals surface area contributed by atoms with Gasteiger partial charge in [0.2, 0.25) is 0 Å². The van der Waals surface area contributed by atoms with Crippen LogP contribution in [0, 0.1) is 0 Å². The molecule has 0 amide bonds. The van der Waals surface area contributed by atoms with E-state index < -0.39 is 0 Å². The van der Waals surface area contributed by atoms with E-state index in [0.717, 1.165) is 50.1 Å². The Labute approximate surface area is 199 Å². The molecule has 1 aromatic rings. The first kappa shape index (κ1) is 26.8. The van der Waals surface area contributed by atoms with Crippen molar-refractivity contribution in [3.63, 3.8) is 0 Å². The summed E-state index contributed by atoms with van der Waals surface area (Å²) in [5.74, 6) is 2.31. The van der Waals surface area contributed by atoms with Crippen molar-refractivity contribution in [1.29, 1.82) is 0 Å². The Kier molecular flexibility index (Phi) is 11.2. The molecule has 172 valence electrons. The molecule has 1 heterocycles. The normalized spacial score (nSPS) is 20.3. The maximum atomic E-state index is 5.87. The SMILES string of the molecule is CN=C(NCCc1ccc(OC)c(OC)c1)NCC(C)(C)N1CC(C)OC(C)C1.I. The van der Waals surface area contributed by atoms with Gasteiger partial charge in [0.05, 0.1) is 26.4 Å². The smallest absolute Gasteiger partial charge is 0.191 e. The Morgan fingerprint density at radius 2 is 1.77 bits per heavy atom. The van der Waals surface area contributed by atoms with Gasteiger partial charge in [-0.15, -0.1) is 24.0 Å². The van der Waals surface area contributed by atoms with Gasteiger partial charge in [0.1, 0.15) is 0 Å². The molecule has 0 saturated carbocycles. The molecule has 8 heteroatoms. The van der Waals surface area contributed by atoms with E-state index in [0.29, 0.717) is 0 Å². The monoisotopic (exact) mass is 534 g/mol. The van der Waals surface area contributed by atoms with Gasteiger partial charge in [-0.2, -0.15) is 0 Å². The third kappa shape index (κ3) is 7.77. The van der Waals surface area contributed by atoms with Gasteiger partial charge in [-0.1, -0.05) is 6.07 Å². The molecule has 1 aromatic carbocycles. The quantitative estimate of drug-likeness (QED) is 0.304. The molecular weight excluding hydrogens is 495 g/mol. The number of hydrogen-bond acceptors (Lipinski definition) is 5. The molecule has 2 unspecified atom stereocenters. The second-order valence-electron chi connectivity index (χ2n) is 8.27. The van der Waals surface area contributed by atoms with Crippen LogP contribution < -0.4 is 20.1 Å². The molecule has 0 bridgehead atoms. The van der Waals surface area contributed by atoms with E-state index in [2.05, 4.69) is 54.3 Å². The van der Waals surface area contributed by atoms with E-state index in [1.54, 1.807) is 21.3 Å². The Morgan fingerprint density at radius 3 is 2.33 bits per heavy atom. The molecule has 0 radical (unpaired) electrons. The average Bonchev–Trinajstić information content (AvgIpc) is 2.69. The maximum absolute atomic E-state index is 5.87. The lowest BCUT2D eigenvalue weighted by atomic mass is 10.00.